The highest BCUT2D eigenvalue weighted by atomic mass is 15.1. The van der Waals surface area contributed by atoms with E-state index in [9.17, 15) is 0 Å². The molecule has 88 valence electrons. The number of aromatic nitrogens is 3. The molecule has 0 saturated heterocycles. The molecule has 2 N–H and O–H groups in total. The monoisotopic (exact) mass is 228 g/mol. The van der Waals surface area contributed by atoms with Crippen molar-refractivity contribution in [3.8, 4) is 11.3 Å². The number of hydrogen-bond donors (Lipinski definition) is 1. The van der Waals surface area contributed by atoms with Gasteiger partial charge in [-0.05, 0) is 37.9 Å². The van der Waals surface area contributed by atoms with Gasteiger partial charge in [-0.3, -0.25) is 4.98 Å². The van der Waals surface area contributed by atoms with Crippen LogP contribution in [0.1, 0.15) is 24.6 Å². The number of rotatable bonds is 3. The summed E-state index contributed by atoms with van der Waals surface area (Å²) in [6.45, 7) is 0.743. The fraction of sp³-hybridized carbons (Fsp3) is 0.385. The molecule has 0 fully saturated rings. The highest BCUT2D eigenvalue weighted by molar-refractivity contribution is 5.61. The van der Waals surface area contributed by atoms with Crippen molar-refractivity contribution in [2.24, 2.45) is 5.73 Å². The number of fused-ring (bicyclic) bond motifs is 1. The van der Waals surface area contributed by atoms with Crippen LogP contribution in [0.2, 0.25) is 0 Å². The second kappa shape index (κ2) is 4.30. The minimum atomic E-state index is 0.540. The Kier molecular flexibility index (Phi) is 2.65. The number of hydrogen-bond acceptors (Lipinski definition) is 3. The Bertz CT molecular complexity index is 503. The lowest BCUT2D eigenvalue weighted by Gasteiger charge is -2.10. The maximum absolute atomic E-state index is 5.64. The van der Waals surface area contributed by atoms with Gasteiger partial charge >= 0.3 is 0 Å². The minimum Gasteiger partial charge on any atom is -0.331 e. The highest BCUT2D eigenvalue weighted by Gasteiger charge is 2.24. The second-order valence-corrected chi connectivity index (χ2v) is 4.45. The fourth-order valence-electron chi connectivity index (χ4n) is 2.62. The Morgan fingerprint density at radius 2 is 2.18 bits per heavy atom. The number of nitrogens with zero attached hydrogens (tertiary/aromatic N) is 3. The summed E-state index contributed by atoms with van der Waals surface area (Å²) >= 11 is 0. The maximum Gasteiger partial charge on any atom is 0.0958 e. The molecule has 0 aliphatic carbocycles. The molecule has 1 unspecified atom stereocenters. The Morgan fingerprint density at radius 3 is 2.94 bits per heavy atom. The van der Waals surface area contributed by atoms with Gasteiger partial charge in [0.1, 0.15) is 0 Å². The molecule has 3 heterocycles. The zero-order valence-electron chi connectivity index (χ0n) is 9.71. The van der Waals surface area contributed by atoms with Crippen molar-refractivity contribution in [2.45, 2.75) is 25.3 Å². The van der Waals surface area contributed by atoms with Gasteiger partial charge in [0.05, 0.1) is 12.0 Å². The number of pyridine rings is 1. The predicted octanol–water partition coefficient (Wildman–Crippen LogP) is 1.78. The summed E-state index contributed by atoms with van der Waals surface area (Å²) in [4.78, 5) is 8.58. The largest absolute Gasteiger partial charge is 0.331 e. The molecule has 1 atom stereocenters. The van der Waals surface area contributed by atoms with Crippen LogP contribution in [0.15, 0.2) is 30.9 Å². The molecule has 2 aromatic heterocycles. The summed E-state index contributed by atoms with van der Waals surface area (Å²) in [5.74, 6) is 0. The first-order chi connectivity index (χ1) is 8.40. The van der Waals surface area contributed by atoms with Crippen molar-refractivity contribution in [3.63, 3.8) is 0 Å². The first-order valence-corrected chi connectivity index (χ1v) is 6.06. The van der Waals surface area contributed by atoms with E-state index in [-0.39, 0.29) is 0 Å². The SMILES string of the molecule is NCCC1CCc2c(-c3ccncc3)ncn21. The van der Waals surface area contributed by atoms with E-state index in [0.29, 0.717) is 6.04 Å². The maximum atomic E-state index is 5.64. The summed E-state index contributed by atoms with van der Waals surface area (Å²) in [6.07, 6.45) is 8.91. The van der Waals surface area contributed by atoms with Gasteiger partial charge in [0, 0.05) is 29.7 Å². The van der Waals surface area contributed by atoms with Crippen molar-refractivity contribution >= 4 is 0 Å². The molecule has 1 aliphatic heterocycles. The van der Waals surface area contributed by atoms with E-state index in [1.165, 1.54) is 12.1 Å². The Morgan fingerprint density at radius 1 is 1.35 bits per heavy atom. The lowest BCUT2D eigenvalue weighted by Crippen LogP contribution is -2.09. The molecule has 4 heteroatoms. The van der Waals surface area contributed by atoms with E-state index in [4.69, 9.17) is 5.73 Å². The average Bonchev–Trinajstić information content (AvgIpc) is 2.94. The quantitative estimate of drug-likeness (QED) is 0.871. The first-order valence-electron chi connectivity index (χ1n) is 6.06. The summed E-state index contributed by atoms with van der Waals surface area (Å²) < 4.78 is 2.29. The molecule has 0 saturated carbocycles. The summed E-state index contributed by atoms with van der Waals surface area (Å²) in [5, 5.41) is 0. The summed E-state index contributed by atoms with van der Waals surface area (Å²) in [6, 6.07) is 4.57. The van der Waals surface area contributed by atoms with Crippen LogP contribution in [0.25, 0.3) is 11.3 Å². The third kappa shape index (κ3) is 1.74. The highest BCUT2D eigenvalue weighted by Crippen LogP contribution is 2.33. The van der Waals surface area contributed by atoms with Gasteiger partial charge in [-0.2, -0.15) is 0 Å². The Balaban J connectivity index is 1.98. The van der Waals surface area contributed by atoms with Gasteiger partial charge in [0.15, 0.2) is 0 Å². The molecular weight excluding hydrogens is 212 g/mol. The van der Waals surface area contributed by atoms with Gasteiger partial charge in [0.25, 0.3) is 0 Å². The van der Waals surface area contributed by atoms with Gasteiger partial charge in [-0.25, -0.2) is 4.98 Å². The van der Waals surface area contributed by atoms with Crippen LogP contribution >= 0.6 is 0 Å². The van der Waals surface area contributed by atoms with E-state index < -0.39 is 0 Å². The normalized spacial score (nSPS) is 18.3. The fourth-order valence-corrected chi connectivity index (χ4v) is 2.62. The average molecular weight is 228 g/mol. The van der Waals surface area contributed by atoms with Gasteiger partial charge in [0.2, 0.25) is 0 Å². The van der Waals surface area contributed by atoms with Crippen LogP contribution in [-0.2, 0) is 6.42 Å². The van der Waals surface area contributed by atoms with Crippen molar-refractivity contribution in [2.75, 3.05) is 6.54 Å². The molecule has 0 spiro atoms. The predicted molar refractivity (Wildman–Crippen MR) is 66.5 cm³/mol. The van der Waals surface area contributed by atoms with Crippen LogP contribution in [0.5, 0.6) is 0 Å². The molecular formula is C13H16N4. The smallest absolute Gasteiger partial charge is 0.0958 e. The van der Waals surface area contributed by atoms with Crippen LogP contribution in [-0.4, -0.2) is 21.1 Å². The van der Waals surface area contributed by atoms with E-state index in [1.54, 1.807) is 0 Å². The zero-order valence-corrected chi connectivity index (χ0v) is 9.71. The Hall–Kier alpha value is -1.68. The topological polar surface area (TPSA) is 56.7 Å². The molecule has 0 bridgehead atoms. The third-order valence-electron chi connectivity index (χ3n) is 3.46. The molecule has 0 aromatic carbocycles. The summed E-state index contributed by atoms with van der Waals surface area (Å²) in [5.41, 5.74) is 9.24. The lowest BCUT2D eigenvalue weighted by atomic mass is 10.1. The molecule has 4 nitrogen and oxygen atoms in total. The number of nitrogens with two attached hydrogens (primary N) is 1. The molecule has 0 radical (unpaired) electrons. The van der Waals surface area contributed by atoms with Gasteiger partial charge in [-0.15, -0.1) is 0 Å². The van der Waals surface area contributed by atoms with Crippen molar-refractivity contribution in [1.29, 1.82) is 0 Å². The molecule has 2 aromatic rings. The molecule has 1 aliphatic rings. The van der Waals surface area contributed by atoms with Crippen LogP contribution in [0, 0.1) is 0 Å². The van der Waals surface area contributed by atoms with Crippen molar-refractivity contribution in [3.05, 3.63) is 36.5 Å². The van der Waals surface area contributed by atoms with Crippen molar-refractivity contribution in [1.82, 2.24) is 14.5 Å². The minimum absolute atomic E-state index is 0.540. The van der Waals surface area contributed by atoms with Crippen LogP contribution in [0.4, 0.5) is 0 Å². The molecule has 0 amide bonds. The van der Waals surface area contributed by atoms with E-state index in [0.717, 1.165) is 30.6 Å². The van der Waals surface area contributed by atoms with Gasteiger partial charge < -0.3 is 10.3 Å². The van der Waals surface area contributed by atoms with Crippen molar-refractivity contribution < 1.29 is 0 Å². The van der Waals surface area contributed by atoms with E-state index in [2.05, 4.69) is 14.5 Å². The zero-order chi connectivity index (χ0) is 11.7. The standard InChI is InChI=1S/C13H16N4/c14-6-3-11-1-2-12-13(16-9-17(11)12)10-4-7-15-8-5-10/h4-5,7-9,11H,1-3,6,14H2. The number of imidazole rings is 1. The summed E-state index contributed by atoms with van der Waals surface area (Å²) in [7, 11) is 0. The Labute approximate surface area is 101 Å². The first kappa shape index (κ1) is 10.5. The lowest BCUT2D eigenvalue weighted by molar-refractivity contribution is 0.493. The molecule has 3 rings (SSSR count). The van der Waals surface area contributed by atoms with Crippen LogP contribution < -0.4 is 5.73 Å². The van der Waals surface area contributed by atoms with E-state index >= 15 is 0 Å². The second-order valence-electron chi connectivity index (χ2n) is 4.45. The van der Waals surface area contributed by atoms with E-state index in [1.807, 2.05) is 30.9 Å². The molecule has 17 heavy (non-hydrogen) atoms. The third-order valence-corrected chi connectivity index (χ3v) is 3.46. The van der Waals surface area contributed by atoms with Gasteiger partial charge in [-0.1, -0.05) is 0 Å². The van der Waals surface area contributed by atoms with Crippen LogP contribution in [0.3, 0.4) is 0 Å².